The van der Waals surface area contributed by atoms with Crippen molar-refractivity contribution in [2.75, 3.05) is 0 Å². The molecule has 10 rings (SSSR count). The molecule has 12 nitrogen and oxygen atoms in total. The van der Waals surface area contributed by atoms with E-state index in [-0.39, 0.29) is 89.8 Å². The van der Waals surface area contributed by atoms with Crippen molar-refractivity contribution < 1.29 is 57.2 Å². The Morgan fingerprint density at radius 1 is 0.654 bits per heavy atom. The Morgan fingerprint density at radius 2 is 1.23 bits per heavy atom. The van der Waals surface area contributed by atoms with Crippen LogP contribution in [-0.2, 0) is 57.2 Å². The first-order valence-corrected chi connectivity index (χ1v) is 19.1. The number of fused-ring (bicyclic) bond motifs is 4. The van der Waals surface area contributed by atoms with Crippen LogP contribution < -0.4 is 0 Å². The van der Waals surface area contributed by atoms with Crippen LogP contribution in [0.5, 0.6) is 0 Å². The Labute approximate surface area is 307 Å². The molecule has 13 unspecified atom stereocenters. The van der Waals surface area contributed by atoms with E-state index in [2.05, 4.69) is 0 Å². The number of rotatable bonds is 3. The molecule has 52 heavy (non-hydrogen) atoms. The fraction of sp³-hybridized carbons (Fsp3) is 0.850. The largest absolute Gasteiger partial charge is 0.458 e. The molecule has 0 amide bonds. The summed E-state index contributed by atoms with van der Waals surface area (Å²) in [5.74, 6) is 0.137. The van der Waals surface area contributed by atoms with Crippen molar-refractivity contribution in [2.45, 2.75) is 157 Å². The van der Waals surface area contributed by atoms with Gasteiger partial charge in [-0.2, -0.15) is 0 Å². The number of carbonyl (C=O) groups is 6. The molecule has 5 heterocycles. The van der Waals surface area contributed by atoms with Crippen molar-refractivity contribution >= 4 is 35.8 Å². The van der Waals surface area contributed by atoms with Crippen LogP contribution in [0.3, 0.4) is 0 Å². The summed E-state index contributed by atoms with van der Waals surface area (Å²) in [5, 5.41) is 0. The first-order chi connectivity index (χ1) is 23.8. The quantitative estimate of drug-likeness (QED) is 0.266. The lowest BCUT2D eigenvalue weighted by atomic mass is 9.73. The van der Waals surface area contributed by atoms with Gasteiger partial charge in [0.25, 0.3) is 0 Å². The van der Waals surface area contributed by atoms with Crippen LogP contribution in [0.4, 0.5) is 0 Å². The van der Waals surface area contributed by atoms with Gasteiger partial charge in [0.1, 0.15) is 35.6 Å². The van der Waals surface area contributed by atoms with E-state index < -0.39 is 27.4 Å². The maximum absolute atomic E-state index is 12.1. The Bertz CT molecular complexity index is 1510. The van der Waals surface area contributed by atoms with Crippen molar-refractivity contribution in [3.63, 3.8) is 0 Å². The lowest BCUT2D eigenvalue weighted by molar-refractivity contribution is -0.224. The minimum absolute atomic E-state index is 0.0152. The number of esters is 6. The summed E-state index contributed by atoms with van der Waals surface area (Å²) in [6.45, 7) is 20.3. The third-order valence-corrected chi connectivity index (χ3v) is 12.8. The molecule has 10 aliphatic rings. The Morgan fingerprint density at radius 3 is 1.81 bits per heavy atom. The molecular weight excluding hydrogens is 672 g/mol. The molecule has 290 valence electrons. The Kier molecular flexibility index (Phi) is 9.42. The molecule has 10 bridgehead atoms. The number of ether oxygens (including phenoxy) is 6. The van der Waals surface area contributed by atoms with Crippen molar-refractivity contribution in [2.24, 2.45) is 57.7 Å². The van der Waals surface area contributed by atoms with Gasteiger partial charge in [-0.25, -0.2) is 0 Å². The summed E-state index contributed by atoms with van der Waals surface area (Å²) in [5.41, 5.74) is -2.79. The highest BCUT2D eigenvalue weighted by Gasteiger charge is 2.70. The summed E-state index contributed by atoms with van der Waals surface area (Å²) >= 11 is 0. The van der Waals surface area contributed by atoms with E-state index in [1.165, 1.54) is 0 Å². The van der Waals surface area contributed by atoms with Crippen LogP contribution in [0.1, 0.15) is 121 Å². The lowest BCUT2D eigenvalue weighted by Crippen LogP contribution is -2.59. The molecule has 0 aromatic carbocycles. The van der Waals surface area contributed by atoms with Gasteiger partial charge in [0, 0.05) is 30.1 Å². The van der Waals surface area contributed by atoms with Gasteiger partial charge in [-0.3, -0.25) is 28.8 Å². The summed E-state index contributed by atoms with van der Waals surface area (Å²) in [6.07, 6.45) is 5.05. The topological polar surface area (TPSA) is 158 Å². The third-order valence-electron chi connectivity index (χ3n) is 12.8. The number of carbonyl (C=O) groups excluding carboxylic acids is 6. The van der Waals surface area contributed by atoms with Crippen molar-refractivity contribution in [3.8, 4) is 0 Å². The molecule has 5 saturated heterocycles. The van der Waals surface area contributed by atoms with E-state index in [9.17, 15) is 28.8 Å². The van der Waals surface area contributed by atoms with Gasteiger partial charge in [0.2, 0.25) is 0 Å². The van der Waals surface area contributed by atoms with Gasteiger partial charge in [-0.1, -0.05) is 0 Å². The van der Waals surface area contributed by atoms with E-state index >= 15 is 0 Å². The predicted molar refractivity (Wildman–Crippen MR) is 184 cm³/mol. The summed E-state index contributed by atoms with van der Waals surface area (Å²) in [7, 11) is 0. The summed E-state index contributed by atoms with van der Waals surface area (Å²) < 4.78 is 33.0. The van der Waals surface area contributed by atoms with E-state index in [0.29, 0.717) is 24.7 Å². The fourth-order valence-corrected chi connectivity index (χ4v) is 9.53. The van der Waals surface area contributed by atoms with Gasteiger partial charge in [-0.05, 0) is 115 Å². The van der Waals surface area contributed by atoms with Gasteiger partial charge in [0.05, 0.1) is 34.0 Å². The molecule has 5 aliphatic heterocycles. The average Bonchev–Trinajstić information content (AvgIpc) is 3.80. The highest BCUT2D eigenvalue weighted by atomic mass is 16.6. The van der Waals surface area contributed by atoms with Crippen molar-refractivity contribution in [1.82, 2.24) is 0 Å². The normalized spacial score (nSPS) is 41.6. The highest BCUT2D eigenvalue weighted by molar-refractivity contribution is 5.80. The van der Waals surface area contributed by atoms with Crippen LogP contribution >= 0.6 is 0 Å². The maximum atomic E-state index is 12.1. The van der Waals surface area contributed by atoms with Crippen LogP contribution in [-0.4, -0.2) is 71.4 Å². The molecular formula is C40H58O12. The molecule has 13 atom stereocenters. The number of hydrogen-bond donors (Lipinski definition) is 0. The van der Waals surface area contributed by atoms with E-state index in [1.807, 2.05) is 76.2 Å². The minimum atomic E-state index is -0.646. The highest BCUT2D eigenvalue weighted by Crippen LogP contribution is 2.61. The SMILES string of the molecule is CC(C)(C)C(=O)OC1(C)C2CC3CC2C(=O)OC31.CC(C)(C)C(=O)OC1(C)CCC2CC1OC2=O.CC(C)(C)C(=O)OC1C2CC3CC2C(=O)OC31. The molecule has 10 fully saturated rings. The predicted octanol–water partition coefficient (Wildman–Crippen LogP) is 5.50. The lowest BCUT2D eigenvalue weighted by Gasteiger charge is -2.47. The standard InChI is InChI=1S/C14H20O4.C13H18O4.C13H20O4/c1-13(2,3)12(16)18-14(4)9-6-7-5-8(9)11(15)17-10(7)14;1-13(2,3)12(15)17-10-7-4-6-5-8(7)11(14)16-9(6)10;1-12(2,3)11(15)17-13(4)6-5-8-7-9(13)16-10(8)14/h7-10H,5-6H2,1-4H3;6-10H,4-5H2,1-3H3;8-9H,5-7H2,1-4H3. The molecule has 12 heteroatoms. The molecule has 0 N–H and O–H groups in total. The zero-order valence-electron chi connectivity index (χ0n) is 32.7. The summed E-state index contributed by atoms with van der Waals surface area (Å²) in [6, 6.07) is 0. The third kappa shape index (κ3) is 6.73. The second kappa shape index (κ2) is 12.7. The zero-order valence-corrected chi connectivity index (χ0v) is 32.7. The first kappa shape index (κ1) is 38.5. The number of hydrogen-bond acceptors (Lipinski definition) is 12. The van der Waals surface area contributed by atoms with Gasteiger partial charge in [0.15, 0.2) is 0 Å². The first-order valence-electron chi connectivity index (χ1n) is 19.1. The van der Waals surface area contributed by atoms with Gasteiger partial charge < -0.3 is 28.4 Å². The second-order valence-corrected chi connectivity index (χ2v) is 20.0. The van der Waals surface area contributed by atoms with Crippen LogP contribution in [0.15, 0.2) is 0 Å². The van der Waals surface area contributed by atoms with Crippen molar-refractivity contribution in [1.29, 1.82) is 0 Å². The van der Waals surface area contributed by atoms with Crippen LogP contribution in [0, 0.1) is 57.7 Å². The van der Waals surface area contributed by atoms with Gasteiger partial charge in [-0.15, -0.1) is 0 Å². The Balaban J connectivity index is 0.000000134. The molecule has 0 radical (unpaired) electrons. The van der Waals surface area contributed by atoms with E-state index in [1.54, 1.807) is 0 Å². The van der Waals surface area contributed by atoms with E-state index in [0.717, 1.165) is 32.1 Å². The minimum Gasteiger partial charge on any atom is -0.458 e. The van der Waals surface area contributed by atoms with E-state index in [4.69, 9.17) is 28.4 Å². The Hall–Kier alpha value is -3.18. The molecule has 0 spiro atoms. The van der Waals surface area contributed by atoms with Crippen LogP contribution in [0.2, 0.25) is 0 Å². The fourth-order valence-electron chi connectivity index (χ4n) is 9.53. The van der Waals surface area contributed by atoms with Gasteiger partial charge >= 0.3 is 35.8 Å². The maximum Gasteiger partial charge on any atom is 0.311 e. The second-order valence-electron chi connectivity index (χ2n) is 20.0. The molecule has 5 aliphatic carbocycles. The van der Waals surface area contributed by atoms with Crippen molar-refractivity contribution in [3.05, 3.63) is 0 Å². The zero-order chi connectivity index (χ0) is 38.5. The van der Waals surface area contributed by atoms with Crippen LogP contribution in [0.25, 0.3) is 0 Å². The molecule has 0 aromatic rings. The summed E-state index contributed by atoms with van der Waals surface area (Å²) in [4.78, 5) is 70.6. The monoisotopic (exact) mass is 730 g/mol. The average molecular weight is 731 g/mol. The smallest absolute Gasteiger partial charge is 0.311 e. The molecule has 5 saturated carbocycles. The molecule has 0 aromatic heterocycles.